The van der Waals surface area contributed by atoms with Gasteiger partial charge in [-0.25, -0.2) is 4.98 Å². The Balaban J connectivity index is 1.86. The second-order valence-electron chi connectivity index (χ2n) is 9.59. The maximum atomic E-state index is 5.91. The minimum Gasteiger partial charge on any atom is -0.364 e. The third-order valence-electron chi connectivity index (χ3n) is 4.93. The zero-order chi connectivity index (χ0) is 22.2. The number of pyridine rings is 1. The molecule has 0 aliphatic heterocycles. The highest BCUT2D eigenvalue weighted by atomic mass is 32.1. The first-order chi connectivity index (χ1) is 14.7. The van der Waals surface area contributed by atoms with Crippen LogP contribution in [0.3, 0.4) is 0 Å². The van der Waals surface area contributed by atoms with Crippen molar-refractivity contribution < 1.29 is 0 Å². The quantitative estimate of drug-likeness (QED) is 0.388. The molecule has 0 aromatic carbocycles. The van der Waals surface area contributed by atoms with E-state index in [1.807, 2.05) is 18.3 Å². The van der Waals surface area contributed by atoms with Crippen molar-refractivity contribution in [1.82, 2.24) is 19.4 Å². The summed E-state index contributed by atoms with van der Waals surface area (Å²) in [6, 6.07) is 6.05. The van der Waals surface area contributed by atoms with Gasteiger partial charge in [-0.3, -0.25) is 14.4 Å². The first-order valence-electron chi connectivity index (χ1n) is 10.3. The summed E-state index contributed by atoms with van der Waals surface area (Å²) in [5, 5.41) is 3.77. The van der Waals surface area contributed by atoms with Gasteiger partial charge in [0.05, 0.1) is 11.1 Å². The van der Waals surface area contributed by atoms with Crippen molar-refractivity contribution in [2.75, 3.05) is 5.32 Å². The Hall–Kier alpha value is -3.17. The third-order valence-corrected chi connectivity index (χ3v) is 6.12. The summed E-state index contributed by atoms with van der Waals surface area (Å²) < 4.78 is 2.05. The predicted molar refractivity (Wildman–Crippen MR) is 129 cm³/mol. The van der Waals surface area contributed by atoms with Gasteiger partial charge in [0.2, 0.25) is 0 Å². The van der Waals surface area contributed by atoms with Gasteiger partial charge in [-0.05, 0) is 49.4 Å². The van der Waals surface area contributed by atoms with E-state index in [9.17, 15) is 0 Å². The van der Waals surface area contributed by atoms with E-state index in [0.29, 0.717) is 0 Å². The number of aromatic nitrogens is 4. The Bertz CT molecular complexity index is 1250. The smallest absolute Gasteiger partial charge is 0.157 e. The SMILES string of the molecule is C#Cc1cc(-c2ccncc2)sc1-c1nc2cnccn2c1NC(C)(C)CC(C)(C)C. The van der Waals surface area contributed by atoms with E-state index in [-0.39, 0.29) is 11.0 Å². The molecule has 158 valence electrons. The fraction of sp³-hybridized carbons (Fsp3) is 0.320. The van der Waals surface area contributed by atoms with Crippen LogP contribution in [-0.4, -0.2) is 24.9 Å². The van der Waals surface area contributed by atoms with E-state index in [2.05, 4.69) is 66.3 Å². The largest absolute Gasteiger partial charge is 0.364 e. The van der Waals surface area contributed by atoms with Crippen LogP contribution in [0.25, 0.3) is 26.7 Å². The highest BCUT2D eigenvalue weighted by molar-refractivity contribution is 7.19. The molecule has 0 bridgehead atoms. The van der Waals surface area contributed by atoms with Crippen LogP contribution < -0.4 is 5.32 Å². The lowest BCUT2D eigenvalue weighted by Gasteiger charge is -2.34. The van der Waals surface area contributed by atoms with Gasteiger partial charge in [-0.15, -0.1) is 17.8 Å². The number of hydrogen-bond acceptors (Lipinski definition) is 5. The van der Waals surface area contributed by atoms with Crippen LogP contribution in [0.15, 0.2) is 49.2 Å². The van der Waals surface area contributed by atoms with Crippen molar-refractivity contribution in [1.29, 1.82) is 0 Å². The lowest BCUT2D eigenvalue weighted by Crippen LogP contribution is -2.36. The number of hydrogen-bond donors (Lipinski definition) is 1. The van der Waals surface area contributed by atoms with Crippen LogP contribution in [0.1, 0.15) is 46.6 Å². The maximum absolute atomic E-state index is 5.91. The molecule has 1 N–H and O–H groups in total. The maximum Gasteiger partial charge on any atom is 0.157 e. The fourth-order valence-electron chi connectivity index (χ4n) is 4.21. The van der Waals surface area contributed by atoms with E-state index in [4.69, 9.17) is 11.4 Å². The topological polar surface area (TPSA) is 55.1 Å². The second-order valence-corrected chi connectivity index (χ2v) is 10.6. The van der Waals surface area contributed by atoms with Gasteiger partial charge in [0.1, 0.15) is 11.5 Å². The van der Waals surface area contributed by atoms with E-state index in [0.717, 1.165) is 44.5 Å². The summed E-state index contributed by atoms with van der Waals surface area (Å²) in [4.78, 5) is 15.4. The summed E-state index contributed by atoms with van der Waals surface area (Å²) in [5.74, 6) is 3.80. The molecular weight excluding hydrogens is 402 g/mol. The highest BCUT2D eigenvalue weighted by Crippen LogP contribution is 2.42. The van der Waals surface area contributed by atoms with Crippen molar-refractivity contribution in [3.05, 3.63) is 54.7 Å². The summed E-state index contributed by atoms with van der Waals surface area (Å²) in [7, 11) is 0. The summed E-state index contributed by atoms with van der Waals surface area (Å²) in [5.41, 5.74) is 3.61. The van der Waals surface area contributed by atoms with Gasteiger partial charge in [-0.1, -0.05) is 26.7 Å². The number of anilines is 1. The molecule has 0 fully saturated rings. The molecule has 4 aromatic heterocycles. The summed E-state index contributed by atoms with van der Waals surface area (Å²) in [6.07, 6.45) is 16.0. The number of thiophene rings is 1. The average Bonchev–Trinajstić information content (AvgIpc) is 3.28. The first-order valence-corrected chi connectivity index (χ1v) is 11.1. The molecule has 0 unspecified atom stereocenters. The van der Waals surface area contributed by atoms with E-state index in [1.165, 1.54) is 0 Å². The lowest BCUT2D eigenvalue weighted by atomic mass is 9.82. The van der Waals surface area contributed by atoms with Crippen molar-refractivity contribution in [2.45, 2.75) is 46.6 Å². The molecule has 0 amide bonds. The zero-order valence-electron chi connectivity index (χ0n) is 18.6. The monoisotopic (exact) mass is 429 g/mol. The van der Waals surface area contributed by atoms with Crippen LogP contribution in [0.5, 0.6) is 0 Å². The molecule has 0 aliphatic carbocycles. The van der Waals surface area contributed by atoms with Crippen LogP contribution >= 0.6 is 11.3 Å². The van der Waals surface area contributed by atoms with Crippen molar-refractivity contribution in [2.24, 2.45) is 5.41 Å². The molecule has 0 spiro atoms. The molecule has 0 saturated carbocycles. The molecule has 0 atom stereocenters. The molecule has 31 heavy (non-hydrogen) atoms. The fourth-order valence-corrected chi connectivity index (χ4v) is 5.33. The summed E-state index contributed by atoms with van der Waals surface area (Å²) >= 11 is 1.65. The molecule has 4 rings (SSSR count). The van der Waals surface area contributed by atoms with Gasteiger partial charge in [0.15, 0.2) is 5.65 Å². The molecule has 0 aliphatic rings. The third kappa shape index (κ3) is 4.47. The standard InChI is InChI=1S/C25H27N5S/c1-7-17-14-19(18-8-10-26-11-9-18)31-22(17)21-23(29-25(5,6)16-24(2,3)4)30-13-12-27-15-20(30)28-21/h1,8-15,29H,16H2,2-6H3. The molecule has 0 saturated heterocycles. The van der Waals surface area contributed by atoms with Crippen molar-refractivity contribution in [3.8, 4) is 33.4 Å². The number of nitrogens with one attached hydrogen (secondary N) is 1. The molecule has 4 heterocycles. The zero-order valence-corrected chi connectivity index (χ0v) is 19.4. The Labute approximate surface area is 187 Å². The Morgan fingerprint density at radius 2 is 1.84 bits per heavy atom. The van der Waals surface area contributed by atoms with Gasteiger partial charge in [0, 0.05) is 40.8 Å². The van der Waals surface area contributed by atoms with E-state index in [1.54, 1.807) is 36.1 Å². The number of terminal acetylenes is 1. The van der Waals surface area contributed by atoms with Gasteiger partial charge < -0.3 is 5.32 Å². The molecular formula is C25H27N5S. The van der Waals surface area contributed by atoms with Crippen LogP contribution in [-0.2, 0) is 0 Å². The van der Waals surface area contributed by atoms with Crippen LogP contribution in [0.2, 0.25) is 0 Å². The highest BCUT2D eigenvalue weighted by Gasteiger charge is 2.29. The molecule has 4 aromatic rings. The Kier molecular flexibility index (Phi) is 5.32. The van der Waals surface area contributed by atoms with Crippen molar-refractivity contribution in [3.63, 3.8) is 0 Å². The lowest BCUT2D eigenvalue weighted by molar-refractivity contribution is 0.302. The Morgan fingerprint density at radius 1 is 1.10 bits per heavy atom. The average molecular weight is 430 g/mol. The molecule has 5 nitrogen and oxygen atoms in total. The van der Waals surface area contributed by atoms with Crippen LogP contribution in [0.4, 0.5) is 5.82 Å². The second kappa shape index (κ2) is 7.82. The summed E-state index contributed by atoms with van der Waals surface area (Å²) in [6.45, 7) is 11.2. The molecule has 6 heteroatoms. The van der Waals surface area contributed by atoms with Gasteiger partial charge in [-0.2, -0.15) is 0 Å². The van der Waals surface area contributed by atoms with Gasteiger partial charge in [0.25, 0.3) is 0 Å². The number of nitrogens with zero attached hydrogens (tertiary/aromatic N) is 4. The minimum absolute atomic E-state index is 0.145. The number of fused-ring (bicyclic) bond motifs is 1. The van der Waals surface area contributed by atoms with Crippen molar-refractivity contribution >= 4 is 22.8 Å². The minimum atomic E-state index is -0.145. The molecule has 0 radical (unpaired) electrons. The van der Waals surface area contributed by atoms with E-state index < -0.39 is 0 Å². The first kappa shape index (κ1) is 21.1. The number of rotatable bonds is 5. The Morgan fingerprint density at radius 3 is 2.52 bits per heavy atom. The van der Waals surface area contributed by atoms with Gasteiger partial charge >= 0.3 is 0 Å². The van der Waals surface area contributed by atoms with E-state index >= 15 is 0 Å². The van der Waals surface area contributed by atoms with Crippen LogP contribution in [0, 0.1) is 17.8 Å². The number of imidazole rings is 1. The normalized spacial score (nSPS) is 12.1. The predicted octanol–water partition coefficient (Wildman–Crippen LogP) is 6.13.